The van der Waals surface area contributed by atoms with Gasteiger partial charge in [-0.2, -0.15) is 8.42 Å². The molecule has 0 bridgehead atoms. The first-order valence-corrected chi connectivity index (χ1v) is 15.8. The van der Waals surface area contributed by atoms with Crippen LogP contribution in [0.2, 0.25) is 0 Å². The van der Waals surface area contributed by atoms with Gasteiger partial charge in [-0.05, 0) is 98.7 Å². The number of nitrogens with one attached hydrogen (secondary N) is 1. The Labute approximate surface area is 260 Å². The fourth-order valence-electron chi connectivity index (χ4n) is 4.36. The molecule has 1 N–H and O–H groups in total. The summed E-state index contributed by atoms with van der Waals surface area (Å²) in [6.45, 7) is 1.49. The Bertz CT molecular complexity index is 1870. The van der Waals surface area contributed by atoms with Crippen molar-refractivity contribution in [2.45, 2.75) is 18.4 Å². The number of nitrogens with zero attached hydrogens (tertiary/aromatic N) is 1. The largest absolute Gasteiger partial charge is 0.493 e. The molecule has 4 aromatic rings. The Balaban J connectivity index is 1.38. The Hall–Kier alpha value is -3.88. The van der Waals surface area contributed by atoms with Crippen molar-refractivity contribution in [3.63, 3.8) is 0 Å². The summed E-state index contributed by atoms with van der Waals surface area (Å²) in [5.41, 5.74) is 1.83. The molecule has 1 saturated heterocycles. The van der Waals surface area contributed by atoms with Gasteiger partial charge in [-0.25, -0.2) is 0 Å². The van der Waals surface area contributed by atoms with Crippen molar-refractivity contribution >= 4 is 84.1 Å². The number of thioether (sulfide) groups is 1. The lowest BCUT2D eigenvalue weighted by Gasteiger charge is -2.15. The number of carbonyl (C=O) groups is 3. The van der Waals surface area contributed by atoms with E-state index in [1.165, 1.54) is 49.3 Å². The van der Waals surface area contributed by atoms with Gasteiger partial charge in [0, 0.05) is 12.6 Å². The summed E-state index contributed by atoms with van der Waals surface area (Å²) in [6, 6.07) is 22.3. The maximum Gasteiger partial charge on any atom is 0.339 e. The Kier molecular flexibility index (Phi) is 8.57. The van der Waals surface area contributed by atoms with Crippen LogP contribution < -0.4 is 14.2 Å². The van der Waals surface area contributed by atoms with Crippen LogP contribution in [0.3, 0.4) is 0 Å². The quantitative estimate of drug-likeness (QED) is 0.126. The predicted octanol–water partition coefficient (Wildman–Crippen LogP) is 6.42. The summed E-state index contributed by atoms with van der Waals surface area (Å²) in [4.78, 5) is 38.6. The molecule has 1 fully saturated rings. The number of imide groups is 1. The van der Waals surface area contributed by atoms with Crippen LogP contribution >= 0.6 is 34.4 Å². The van der Waals surface area contributed by atoms with Crippen molar-refractivity contribution in [1.29, 1.82) is 0 Å². The molecule has 42 heavy (non-hydrogen) atoms. The van der Waals surface area contributed by atoms with Gasteiger partial charge in [-0.3, -0.25) is 19.3 Å². The number of hydrogen-bond donors (Lipinski definition) is 1. The average Bonchev–Trinajstić information content (AvgIpc) is 3.21. The monoisotopic (exact) mass is 714 g/mol. The molecule has 1 aliphatic rings. The Morgan fingerprint density at radius 2 is 1.74 bits per heavy atom. The number of carbonyl (C=O) groups excluding carboxylic acids is 3. The van der Waals surface area contributed by atoms with Gasteiger partial charge in [0.25, 0.3) is 11.1 Å². The molecular weight excluding hydrogens is 691 g/mol. The molecular formula is C30H23IN2O7S2. The molecule has 9 nitrogen and oxygen atoms in total. The molecule has 0 unspecified atom stereocenters. The van der Waals surface area contributed by atoms with Gasteiger partial charge in [-0.1, -0.05) is 42.5 Å². The number of anilines is 1. The highest BCUT2D eigenvalue weighted by molar-refractivity contribution is 14.1. The fourth-order valence-corrected chi connectivity index (χ4v) is 7.04. The molecule has 0 aromatic heterocycles. The lowest BCUT2D eigenvalue weighted by atomic mass is 10.0. The number of methoxy groups -OCH3 is 1. The van der Waals surface area contributed by atoms with E-state index in [1.54, 1.807) is 12.1 Å². The number of hydrogen-bond acceptors (Lipinski definition) is 8. The van der Waals surface area contributed by atoms with E-state index in [0.717, 1.165) is 28.1 Å². The predicted molar refractivity (Wildman–Crippen MR) is 170 cm³/mol. The second-order valence-corrected chi connectivity index (χ2v) is 12.9. The normalized spacial score (nSPS) is 14.5. The maximum absolute atomic E-state index is 13.3. The van der Waals surface area contributed by atoms with Crippen molar-refractivity contribution in [1.82, 2.24) is 4.90 Å². The molecule has 1 aliphatic heterocycles. The van der Waals surface area contributed by atoms with E-state index in [-0.39, 0.29) is 39.0 Å². The Morgan fingerprint density at radius 1 is 1.02 bits per heavy atom. The minimum atomic E-state index is -4.24. The molecule has 4 aromatic carbocycles. The molecule has 0 atom stereocenters. The topological polar surface area (TPSA) is 119 Å². The van der Waals surface area contributed by atoms with Crippen LogP contribution in [-0.4, -0.2) is 37.5 Å². The number of ether oxygens (including phenoxy) is 1. The molecule has 0 spiro atoms. The van der Waals surface area contributed by atoms with Crippen molar-refractivity contribution in [2.24, 2.45) is 0 Å². The van der Waals surface area contributed by atoms with E-state index in [1.807, 2.05) is 65.1 Å². The third-order valence-corrected chi connectivity index (χ3v) is 9.23. The summed E-state index contributed by atoms with van der Waals surface area (Å²) in [5, 5.41) is 4.18. The number of benzene rings is 4. The first kappa shape index (κ1) is 29.6. The first-order chi connectivity index (χ1) is 20.1. The van der Waals surface area contributed by atoms with Crippen LogP contribution in [0.5, 0.6) is 11.5 Å². The summed E-state index contributed by atoms with van der Waals surface area (Å²) in [7, 11) is -2.87. The van der Waals surface area contributed by atoms with Crippen LogP contribution in [0.4, 0.5) is 10.5 Å². The molecule has 12 heteroatoms. The standard InChI is InChI=1S/C30H23IN2O7S2/c1-18(34)32-22-10-12-23(13-11-22)42(37,38)40-28-25(31)14-19(15-26(28)39-2)16-27-29(35)33(30(36)41-27)17-21-8-5-7-20-6-3-4-9-24(20)21/h3-16H,17H2,1-2H3,(H,32,34)/b27-16-. The van der Waals surface area contributed by atoms with E-state index in [4.69, 9.17) is 8.92 Å². The third kappa shape index (κ3) is 6.30. The fraction of sp³-hybridized carbons (Fsp3) is 0.100. The first-order valence-electron chi connectivity index (χ1n) is 12.5. The van der Waals surface area contributed by atoms with E-state index in [0.29, 0.717) is 14.8 Å². The van der Waals surface area contributed by atoms with E-state index in [9.17, 15) is 22.8 Å². The van der Waals surface area contributed by atoms with Crippen LogP contribution in [0.15, 0.2) is 88.7 Å². The molecule has 0 radical (unpaired) electrons. The highest BCUT2D eigenvalue weighted by atomic mass is 127. The smallest absolute Gasteiger partial charge is 0.339 e. The van der Waals surface area contributed by atoms with E-state index in [2.05, 4.69) is 5.32 Å². The lowest BCUT2D eigenvalue weighted by molar-refractivity contribution is -0.123. The molecule has 1 heterocycles. The van der Waals surface area contributed by atoms with Crippen LogP contribution in [-0.2, 0) is 26.3 Å². The van der Waals surface area contributed by atoms with Crippen LogP contribution in [0.1, 0.15) is 18.1 Å². The van der Waals surface area contributed by atoms with Crippen molar-refractivity contribution in [3.8, 4) is 11.5 Å². The van der Waals surface area contributed by atoms with Gasteiger partial charge in [-0.15, -0.1) is 0 Å². The van der Waals surface area contributed by atoms with Gasteiger partial charge >= 0.3 is 10.1 Å². The van der Waals surface area contributed by atoms with Gasteiger partial charge in [0.05, 0.1) is 22.1 Å². The molecule has 0 aliphatic carbocycles. The van der Waals surface area contributed by atoms with Gasteiger partial charge in [0.15, 0.2) is 11.5 Å². The number of fused-ring (bicyclic) bond motifs is 1. The second kappa shape index (κ2) is 12.2. The van der Waals surface area contributed by atoms with Gasteiger partial charge in [0.1, 0.15) is 4.90 Å². The lowest BCUT2D eigenvalue weighted by Crippen LogP contribution is -2.27. The number of rotatable bonds is 8. The summed E-state index contributed by atoms with van der Waals surface area (Å²) < 4.78 is 37.3. The summed E-state index contributed by atoms with van der Waals surface area (Å²) in [6.07, 6.45) is 1.57. The summed E-state index contributed by atoms with van der Waals surface area (Å²) in [5.74, 6) is -0.597. The third-order valence-electron chi connectivity index (χ3n) is 6.29. The van der Waals surface area contributed by atoms with E-state index < -0.39 is 16.0 Å². The highest BCUT2D eigenvalue weighted by Gasteiger charge is 2.35. The van der Waals surface area contributed by atoms with E-state index >= 15 is 0 Å². The molecule has 0 saturated carbocycles. The minimum Gasteiger partial charge on any atom is -0.493 e. The van der Waals surface area contributed by atoms with Crippen molar-refractivity contribution in [2.75, 3.05) is 12.4 Å². The second-order valence-electron chi connectivity index (χ2n) is 9.18. The number of halogens is 1. The van der Waals surface area contributed by atoms with Gasteiger partial charge < -0.3 is 14.2 Å². The molecule has 214 valence electrons. The van der Waals surface area contributed by atoms with Crippen molar-refractivity contribution < 1.29 is 31.7 Å². The Morgan fingerprint density at radius 3 is 2.45 bits per heavy atom. The minimum absolute atomic E-state index is 0.0229. The van der Waals surface area contributed by atoms with Crippen molar-refractivity contribution in [3.05, 3.63) is 98.5 Å². The molecule has 3 amide bonds. The van der Waals surface area contributed by atoms with Crippen LogP contribution in [0, 0.1) is 3.57 Å². The van der Waals surface area contributed by atoms with Crippen LogP contribution in [0.25, 0.3) is 16.8 Å². The van der Waals surface area contributed by atoms with Gasteiger partial charge in [0.2, 0.25) is 5.91 Å². The average molecular weight is 715 g/mol. The maximum atomic E-state index is 13.3. The number of amides is 3. The zero-order valence-electron chi connectivity index (χ0n) is 22.3. The SMILES string of the molecule is COc1cc(/C=C2\SC(=O)N(Cc3cccc4ccccc34)C2=O)cc(I)c1OS(=O)(=O)c1ccc(NC(C)=O)cc1. The highest BCUT2D eigenvalue weighted by Crippen LogP contribution is 2.39. The molecule has 5 rings (SSSR count). The summed E-state index contributed by atoms with van der Waals surface area (Å²) >= 11 is 2.76. The zero-order valence-corrected chi connectivity index (χ0v) is 26.1. The zero-order chi connectivity index (χ0) is 30.0.